The topological polar surface area (TPSA) is 83.5 Å². The molecule has 0 saturated carbocycles. The van der Waals surface area contributed by atoms with Gasteiger partial charge in [-0.2, -0.15) is 0 Å². The molecule has 0 spiro atoms. The van der Waals surface area contributed by atoms with Crippen molar-refractivity contribution in [1.82, 2.24) is 14.3 Å². The Hall–Kier alpha value is -2.36. The zero-order valence-corrected chi connectivity index (χ0v) is 17.7. The lowest BCUT2D eigenvalue weighted by molar-refractivity contribution is -0.123. The van der Waals surface area contributed by atoms with Gasteiger partial charge in [0.05, 0.1) is 28.7 Å². The number of anilines is 1. The summed E-state index contributed by atoms with van der Waals surface area (Å²) in [6.45, 7) is 1.07. The van der Waals surface area contributed by atoms with Crippen LogP contribution in [0.25, 0.3) is 10.2 Å². The second-order valence-electron chi connectivity index (χ2n) is 7.15. The zero-order valence-electron chi connectivity index (χ0n) is 16.1. The van der Waals surface area contributed by atoms with Gasteiger partial charge in [0.1, 0.15) is 0 Å². The Kier molecular flexibility index (Phi) is 5.62. The molecule has 1 aliphatic rings. The number of pyridine rings is 1. The van der Waals surface area contributed by atoms with E-state index in [-0.39, 0.29) is 11.8 Å². The predicted molar refractivity (Wildman–Crippen MR) is 114 cm³/mol. The Morgan fingerprint density at radius 1 is 1.17 bits per heavy atom. The summed E-state index contributed by atoms with van der Waals surface area (Å²) in [5.74, 6) is -0.258. The average Bonchev–Trinajstić information content (AvgIpc) is 3.15. The van der Waals surface area contributed by atoms with Crippen LogP contribution in [0.2, 0.25) is 0 Å². The van der Waals surface area contributed by atoms with Crippen molar-refractivity contribution in [3.63, 3.8) is 0 Å². The number of fused-ring (bicyclic) bond motifs is 1. The van der Waals surface area contributed by atoms with Gasteiger partial charge in [0.2, 0.25) is 15.9 Å². The van der Waals surface area contributed by atoms with Gasteiger partial charge in [0.15, 0.2) is 5.13 Å². The van der Waals surface area contributed by atoms with Gasteiger partial charge in [-0.05, 0) is 37.1 Å². The number of aromatic nitrogens is 2. The molecule has 3 aromatic rings. The largest absolute Gasteiger partial charge is 0.282 e. The minimum absolute atomic E-state index is 0.0251. The fourth-order valence-electron chi connectivity index (χ4n) is 3.52. The van der Waals surface area contributed by atoms with E-state index in [0.717, 1.165) is 15.9 Å². The van der Waals surface area contributed by atoms with E-state index in [1.165, 1.54) is 21.9 Å². The molecule has 2 aromatic heterocycles. The third-order valence-corrected chi connectivity index (χ3v) is 7.46. The van der Waals surface area contributed by atoms with Crippen LogP contribution in [-0.4, -0.2) is 47.9 Å². The number of thiazole rings is 1. The first-order valence-electron chi connectivity index (χ1n) is 9.44. The van der Waals surface area contributed by atoms with Crippen LogP contribution in [0, 0.1) is 5.92 Å². The number of hydrogen-bond acceptors (Lipinski definition) is 6. The van der Waals surface area contributed by atoms with Crippen molar-refractivity contribution in [3.05, 3.63) is 54.4 Å². The molecular formula is C20H22N4O3S2. The molecule has 0 aliphatic carbocycles. The standard InChI is InChI=1S/C20H22N4O3S2/c1-29(26,27)23-12-9-15(10-13-23)19(25)24(14-16-6-4-5-11-21-16)20-22-17-7-2-3-8-18(17)28-20/h2-8,11,15H,9-10,12-14H2,1H3. The van der Waals surface area contributed by atoms with E-state index < -0.39 is 10.0 Å². The van der Waals surface area contributed by atoms with E-state index in [1.54, 1.807) is 11.1 Å². The quantitative estimate of drug-likeness (QED) is 0.622. The normalized spacial score (nSPS) is 16.2. The Balaban J connectivity index is 1.60. The first-order chi connectivity index (χ1) is 13.9. The summed E-state index contributed by atoms with van der Waals surface area (Å²) in [5, 5.41) is 0.646. The lowest BCUT2D eigenvalue weighted by atomic mass is 9.96. The van der Waals surface area contributed by atoms with Gasteiger partial charge < -0.3 is 0 Å². The number of benzene rings is 1. The van der Waals surface area contributed by atoms with Crippen LogP contribution in [0.3, 0.4) is 0 Å². The molecule has 9 heteroatoms. The summed E-state index contributed by atoms with van der Waals surface area (Å²) in [6.07, 6.45) is 3.94. The Morgan fingerprint density at radius 3 is 2.55 bits per heavy atom. The Labute approximate surface area is 174 Å². The van der Waals surface area contributed by atoms with Gasteiger partial charge in [-0.15, -0.1) is 0 Å². The second kappa shape index (κ2) is 8.17. The fourth-order valence-corrected chi connectivity index (χ4v) is 5.37. The van der Waals surface area contributed by atoms with Crippen molar-refractivity contribution in [1.29, 1.82) is 0 Å². The highest BCUT2D eigenvalue weighted by Crippen LogP contribution is 2.32. The summed E-state index contributed by atoms with van der Waals surface area (Å²) in [6, 6.07) is 13.4. The molecule has 3 heterocycles. The Bertz CT molecular complexity index is 1070. The molecule has 0 bridgehead atoms. The van der Waals surface area contributed by atoms with E-state index >= 15 is 0 Å². The number of para-hydroxylation sites is 1. The van der Waals surface area contributed by atoms with Gasteiger partial charge >= 0.3 is 0 Å². The van der Waals surface area contributed by atoms with E-state index in [4.69, 9.17) is 0 Å². The number of hydrogen-bond donors (Lipinski definition) is 0. The summed E-state index contributed by atoms with van der Waals surface area (Å²) in [4.78, 5) is 24.2. The summed E-state index contributed by atoms with van der Waals surface area (Å²) < 4.78 is 26.0. The molecule has 4 rings (SSSR count). The van der Waals surface area contributed by atoms with Crippen molar-refractivity contribution in [2.75, 3.05) is 24.2 Å². The van der Waals surface area contributed by atoms with E-state index in [1.807, 2.05) is 42.5 Å². The van der Waals surface area contributed by atoms with Crippen molar-refractivity contribution >= 4 is 42.6 Å². The maximum Gasteiger partial charge on any atom is 0.232 e. The summed E-state index contributed by atoms with van der Waals surface area (Å²) in [5.41, 5.74) is 1.65. The maximum absolute atomic E-state index is 13.4. The first kappa shape index (κ1) is 19.9. The van der Waals surface area contributed by atoms with Gasteiger partial charge in [-0.25, -0.2) is 17.7 Å². The van der Waals surface area contributed by atoms with Crippen LogP contribution in [0.4, 0.5) is 5.13 Å². The molecular weight excluding hydrogens is 408 g/mol. The van der Waals surface area contributed by atoms with Crippen LogP contribution >= 0.6 is 11.3 Å². The highest BCUT2D eigenvalue weighted by atomic mass is 32.2. The number of nitrogens with zero attached hydrogens (tertiary/aromatic N) is 4. The number of sulfonamides is 1. The van der Waals surface area contributed by atoms with E-state index in [9.17, 15) is 13.2 Å². The van der Waals surface area contributed by atoms with Gasteiger partial charge in [0.25, 0.3) is 0 Å². The number of carbonyl (C=O) groups excluding carboxylic acids is 1. The first-order valence-corrected chi connectivity index (χ1v) is 12.1. The molecule has 1 aliphatic heterocycles. The molecule has 1 amide bonds. The summed E-state index contributed by atoms with van der Waals surface area (Å²) >= 11 is 1.48. The monoisotopic (exact) mass is 430 g/mol. The third kappa shape index (κ3) is 4.47. The van der Waals surface area contributed by atoms with E-state index in [0.29, 0.717) is 37.6 Å². The lowest BCUT2D eigenvalue weighted by Gasteiger charge is -2.32. The minimum Gasteiger partial charge on any atom is -0.282 e. The lowest BCUT2D eigenvalue weighted by Crippen LogP contribution is -2.44. The fraction of sp³-hybridized carbons (Fsp3) is 0.350. The van der Waals surface area contributed by atoms with Crippen LogP contribution in [0.15, 0.2) is 48.7 Å². The SMILES string of the molecule is CS(=O)(=O)N1CCC(C(=O)N(Cc2ccccn2)c2nc3ccccc3s2)CC1. The zero-order chi connectivity index (χ0) is 20.4. The number of rotatable bonds is 5. The van der Waals surface area contributed by atoms with Crippen molar-refractivity contribution in [2.45, 2.75) is 19.4 Å². The van der Waals surface area contributed by atoms with Crippen molar-refractivity contribution in [2.24, 2.45) is 5.92 Å². The summed E-state index contributed by atoms with van der Waals surface area (Å²) in [7, 11) is -3.23. The molecule has 0 atom stereocenters. The third-order valence-electron chi connectivity index (χ3n) is 5.10. The molecule has 0 N–H and O–H groups in total. The van der Waals surface area contributed by atoms with Crippen LogP contribution in [0.5, 0.6) is 0 Å². The van der Waals surface area contributed by atoms with Gasteiger partial charge in [-0.1, -0.05) is 29.5 Å². The molecule has 152 valence electrons. The maximum atomic E-state index is 13.4. The van der Waals surface area contributed by atoms with Gasteiger partial charge in [-0.3, -0.25) is 14.7 Å². The van der Waals surface area contributed by atoms with Crippen molar-refractivity contribution in [3.8, 4) is 0 Å². The van der Waals surface area contributed by atoms with E-state index in [2.05, 4.69) is 9.97 Å². The number of piperidine rings is 1. The number of carbonyl (C=O) groups is 1. The molecule has 1 fully saturated rings. The van der Waals surface area contributed by atoms with Crippen LogP contribution in [-0.2, 0) is 21.4 Å². The Morgan fingerprint density at radius 2 is 1.90 bits per heavy atom. The predicted octanol–water partition coefficient (Wildman–Crippen LogP) is 2.90. The van der Waals surface area contributed by atoms with Crippen LogP contribution < -0.4 is 4.90 Å². The number of amides is 1. The molecule has 1 saturated heterocycles. The van der Waals surface area contributed by atoms with Crippen molar-refractivity contribution < 1.29 is 13.2 Å². The molecule has 0 radical (unpaired) electrons. The molecule has 0 unspecified atom stereocenters. The highest BCUT2D eigenvalue weighted by molar-refractivity contribution is 7.88. The molecule has 1 aromatic carbocycles. The second-order valence-corrected chi connectivity index (χ2v) is 10.1. The molecule has 29 heavy (non-hydrogen) atoms. The van der Waals surface area contributed by atoms with Gasteiger partial charge in [0, 0.05) is 25.2 Å². The highest BCUT2D eigenvalue weighted by Gasteiger charge is 2.33. The minimum atomic E-state index is -3.23. The smallest absolute Gasteiger partial charge is 0.232 e. The van der Waals surface area contributed by atoms with Crippen LogP contribution in [0.1, 0.15) is 18.5 Å². The average molecular weight is 431 g/mol. The molecule has 7 nitrogen and oxygen atoms in total.